The van der Waals surface area contributed by atoms with Crippen molar-refractivity contribution in [2.24, 2.45) is 0 Å². The summed E-state index contributed by atoms with van der Waals surface area (Å²) >= 11 is 4.00. The molecule has 0 unspecified atom stereocenters. The van der Waals surface area contributed by atoms with Crippen molar-refractivity contribution in [3.8, 4) is 0 Å². The minimum absolute atomic E-state index is 0.212. The van der Waals surface area contributed by atoms with Gasteiger partial charge < -0.3 is 9.53 Å². The smallest absolute Gasteiger partial charge is 0.192 e. The Morgan fingerprint density at radius 1 is 1.38 bits per heavy atom. The molecule has 0 bridgehead atoms. The Morgan fingerprint density at radius 2 is 1.85 bits per heavy atom. The molecule has 0 amide bonds. The summed E-state index contributed by atoms with van der Waals surface area (Å²) in [6.07, 6.45) is -0.433. The van der Waals surface area contributed by atoms with Crippen LogP contribution in [0.4, 0.5) is 0 Å². The van der Waals surface area contributed by atoms with E-state index in [0.717, 1.165) is 0 Å². The van der Waals surface area contributed by atoms with Gasteiger partial charge in [-0.15, -0.1) is 0 Å². The zero-order valence-electron chi connectivity index (χ0n) is 9.29. The van der Waals surface area contributed by atoms with E-state index in [4.69, 9.17) is 4.43 Å². The summed E-state index contributed by atoms with van der Waals surface area (Å²) in [6.45, 7) is 11.3. The second-order valence-electron chi connectivity index (χ2n) is 4.91. The van der Waals surface area contributed by atoms with Crippen molar-refractivity contribution < 1.29 is 9.53 Å². The second-order valence-corrected chi connectivity index (χ2v) is 10.1. The third-order valence-electron chi connectivity index (χ3n) is 2.65. The lowest BCUT2D eigenvalue weighted by Gasteiger charge is -2.36. The molecular weight excluding hydrogens is 200 g/mol. The Kier molecular flexibility index (Phi) is 5.00. The van der Waals surface area contributed by atoms with E-state index in [2.05, 4.69) is 46.5 Å². The number of aliphatic hydroxyl groups excluding tert-OH is 1. The summed E-state index contributed by atoms with van der Waals surface area (Å²) in [4.78, 5) is 0. The molecule has 0 aliphatic rings. The predicted molar refractivity (Wildman–Crippen MR) is 63.0 cm³/mol. The third-order valence-corrected chi connectivity index (χ3v) is 7.58. The summed E-state index contributed by atoms with van der Waals surface area (Å²) in [7, 11) is -1.68. The maximum Gasteiger partial charge on any atom is 0.192 e. The molecule has 0 aromatic rings. The molecule has 0 aliphatic carbocycles. The van der Waals surface area contributed by atoms with Gasteiger partial charge in [-0.1, -0.05) is 20.8 Å². The Balaban J connectivity index is 4.04. The molecule has 0 heterocycles. The van der Waals surface area contributed by atoms with E-state index >= 15 is 0 Å². The lowest BCUT2D eigenvalue weighted by molar-refractivity contribution is 0.118. The topological polar surface area (TPSA) is 29.5 Å². The van der Waals surface area contributed by atoms with Crippen molar-refractivity contribution in [2.75, 3.05) is 12.4 Å². The van der Waals surface area contributed by atoms with Crippen molar-refractivity contribution in [3.05, 3.63) is 0 Å². The molecule has 0 aliphatic heterocycles. The first kappa shape index (κ1) is 13.5. The van der Waals surface area contributed by atoms with Crippen LogP contribution in [-0.2, 0) is 4.43 Å². The van der Waals surface area contributed by atoms with Gasteiger partial charge in [0.25, 0.3) is 0 Å². The van der Waals surface area contributed by atoms with Gasteiger partial charge in [0.2, 0.25) is 0 Å². The highest BCUT2D eigenvalue weighted by Crippen LogP contribution is 2.36. The average molecular weight is 222 g/mol. The lowest BCUT2D eigenvalue weighted by atomic mass is 10.2. The van der Waals surface area contributed by atoms with Crippen LogP contribution in [0.25, 0.3) is 0 Å². The summed E-state index contributed by atoms with van der Waals surface area (Å²) in [5, 5.41) is 9.52. The lowest BCUT2D eigenvalue weighted by Crippen LogP contribution is -2.42. The van der Waals surface area contributed by atoms with E-state index in [-0.39, 0.29) is 5.04 Å². The molecule has 0 radical (unpaired) electrons. The molecular formula is C9H22O2SSi. The van der Waals surface area contributed by atoms with Crippen molar-refractivity contribution >= 4 is 20.9 Å². The van der Waals surface area contributed by atoms with Crippen molar-refractivity contribution in [2.45, 2.75) is 45.0 Å². The zero-order chi connectivity index (χ0) is 10.7. The van der Waals surface area contributed by atoms with Crippen LogP contribution in [0, 0.1) is 0 Å². The van der Waals surface area contributed by atoms with Gasteiger partial charge in [-0.3, -0.25) is 0 Å². The minimum atomic E-state index is -1.68. The van der Waals surface area contributed by atoms with Gasteiger partial charge in [0.15, 0.2) is 8.32 Å². The van der Waals surface area contributed by atoms with E-state index in [9.17, 15) is 5.11 Å². The molecule has 0 saturated heterocycles. The highest BCUT2D eigenvalue weighted by molar-refractivity contribution is 7.80. The molecule has 0 aromatic carbocycles. The largest absolute Gasteiger partial charge is 0.414 e. The molecule has 0 spiro atoms. The Bertz CT molecular complexity index is 154. The number of rotatable bonds is 4. The van der Waals surface area contributed by atoms with E-state index in [1.54, 1.807) is 0 Å². The van der Waals surface area contributed by atoms with Crippen LogP contribution < -0.4 is 0 Å². The van der Waals surface area contributed by atoms with E-state index in [1.165, 1.54) is 0 Å². The van der Waals surface area contributed by atoms with Crippen LogP contribution in [0.3, 0.4) is 0 Å². The Labute approximate surface area is 88.2 Å². The number of aliphatic hydroxyl groups is 1. The van der Waals surface area contributed by atoms with Gasteiger partial charge in [0, 0.05) is 5.75 Å². The predicted octanol–water partition coefficient (Wildman–Crippen LogP) is 2.30. The van der Waals surface area contributed by atoms with Crippen molar-refractivity contribution in [1.29, 1.82) is 0 Å². The summed E-state index contributed by atoms with van der Waals surface area (Å²) in [6, 6.07) is 0. The Hall–Kier alpha value is 0.487. The highest BCUT2D eigenvalue weighted by atomic mass is 32.1. The molecule has 0 rings (SSSR count). The molecule has 1 atom stereocenters. The van der Waals surface area contributed by atoms with Crippen LogP contribution in [0.5, 0.6) is 0 Å². The summed E-state index contributed by atoms with van der Waals surface area (Å²) in [5.41, 5.74) is 0. The number of thiol groups is 1. The number of hydrogen-bond acceptors (Lipinski definition) is 3. The van der Waals surface area contributed by atoms with E-state index in [1.807, 2.05) is 0 Å². The van der Waals surface area contributed by atoms with Crippen molar-refractivity contribution in [3.63, 3.8) is 0 Å². The van der Waals surface area contributed by atoms with Crippen molar-refractivity contribution in [1.82, 2.24) is 0 Å². The molecule has 0 saturated carbocycles. The maximum atomic E-state index is 9.31. The molecule has 13 heavy (non-hydrogen) atoms. The summed E-state index contributed by atoms with van der Waals surface area (Å²) < 4.78 is 5.79. The Morgan fingerprint density at radius 3 is 2.15 bits per heavy atom. The van der Waals surface area contributed by atoms with Gasteiger partial charge in [0.1, 0.15) is 0 Å². The van der Waals surface area contributed by atoms with Gasteiger partial charge in [-0.2, -0.15) is 12.6 Å². The fourth-order valence-corrected chi connectivity index (χ4v) is 1.72. The van der Waals surface area contributed by atoms with Gasteiger partial charge in [-0.25, -0.2) is 0 Å². The van der Waals surface area contributed by atoms with Crippen LogP contribution in [0.2, 0.25) is 18.1 Å². The molecule has 4 heteroatoms. The van der Waals surface area contributed by atoms with Gasteiger partial charge >= 0.3 is 0 Å². The SMILES string of the molecule is CC(C)(C)[Si](C)(C)OC[C@@H](O)CS. The van der Waals surface area contributed by atoms with Crippen LogP contribution in [-0.4, -0.2) is 31.9 Å². The van der Waals surface area contributed by atoms with Gasteiger partial charge in [0.05, 0.1) is 12.7 Å². The zero-order valence-corrected chi connectivity index (χ0v) is 11.2. The summed E-state index contributed by atoms with van der Waals surface area (Å²) in [5.74, 6) is 0.467. The van der Waals surface area contributed by atoms with Crippen LogP contribution in [0.15, 0.2) is 0 Å². The highest BCUT2D eigenvalue weighted by Gasteiger charge is 2.37. The number of hydrogen-bond donors (Lipinski definition) is 2. The standard InChI is InChI=1S/C9H22O2SSi/c1-9(2,3)13(4,5)11-6-8(10)7-12/h8,10,12H,6-7H2,1-5H3/t8-/m1/s1. The normalized spacial score (nSPS) is 15.9. The van der Waals surface area contributed by atoms with E-state index in [0.29, 0.717) is 12.4 Å². The second kappa shape index (κ2) is 4.82. The maximum absolute atomic E-state index is 9.31. The molecule has 0 fully saturated rings. The van der Waals surface area contributed by atoms with Crippen LogP contribution in [0.1, 0.15) is 20.8 Å². The first-order valence-corrected chi connectivity index (χ1v) is 8.17. The third kappa shape index (κ3) is 4.49. The monoisotopic (exact) mass is 222 g/mol. The molecule has 1 N–H and O–H groups in total. The fourth-order valence-electron chi connectivity index (χ4n) is 0.574. The average Bonchev–Trinajstić information content (AvgIpc) is 1.98. The fraction of sp³-hybridized carbons (Fsp3) is 1.00. The molecule has 2 nitrogen and oxygen atoms in total. The van der Waals surface area contributed by atoms with Crippen LogP contribution >= 0.6 is 12.6 Å². The van der Waals surface area contributed by atoms with E-state index < -0.39 is 14.4 Å². The molecule has 80 valence electrons. The van der Waals surface area contributed by atoms with Gasteiger partial charge in [-0.05, 0) is 18.1 Å². The first-order valence-electron chi connectivity index (χ1n) is 4.63. The minimum Gasteiger partial charge on any atom is -0.414 e. The first-order chi connectivity index (χ1) is 5.70. The molecule has 0 aromatic heterocycles. The quantitative estimate of drug-likeness (QED) is 0.564.